The lowest BCUT2D eigenvalue weighted by molar-refractivity contribution is -0.138. The van der Waals surface area contributed by atoms with Gasteiger partial charge in [-0.05, 0) is 31.2 Å². The lowest BCUT2D eigenvalue weighted by Gasteiger charge is -2.25. The zero-order valence-electron chi connectivity index (χ0n) is 11.2. The number of imide groups is 1. The number of hydrogen-bond acceptors (Lipinski definition) is 4. The zero-order chi connectivity index (χ0) is 13.8. The summed E-state index contributed by atoms with van der Waals surface area (Å²) in [4.78, 5) is 24.6. The van der Waals surface area contributed by atoms with Gasteiger partial charge in [-0.25, -0.2) is 4.90 Å². The molecule has 1 aromatic rings. The second-order valence-electron chi connectivity index (χ2n) is 4.49. The molecule has 5 heteroatoms. The van der Waals surface area contributed by atoms with Gasteiger partial charge in [0, 0.05) is 6.04 Å². The minimum atomic E-state index is -0.316. The largest absolute Gasteiger partial charge is 0.362 e. The summed E-state index contributed by atoms with van der Waals surface area (Å²) in [5.41, 5.74) is 1.73. The molecule has 0 saturated carbocycles. The van der Waals surface area contributed by atoms with Crippen molar-refractivity contribution < 1.29 is 14.3 Å². The van der Waals surface area contributed by atoms with Gasteiger partial charge in [0.2, 0.25) is 0 Å². The van der Waals surface area contributed by atoms with E-state index in [9.17, 15) is 9.59 Å². The first-order valence-electron chi connectivity index (χ1n) is 6.40. The van der Waals surface area contributed by atoms with Gasteiger partial charge >= 0.3 is 0 Å². The van der Waals surface area contributed by atoms with Crippen LogP contribution in [0.1, 0.15) is 25.5 Å². The summed E-state index contributed by atoms with van der Waals surface area (Å²) in [6.45, 7) is 4.94. The fraction of sp³-hybridized carbons (Fsp3) is 0.429. The molecule has 2 amide bonds. The highest BCUT2D eigenvalue weighted by Crippen LogP contribution is 2.21. The lowest BCUT2D eigenvalue weighted by Crippen LogP contribution is -2.46. The maximum atomic E-state index is 11.7. The Bertz CT molecular complexity index is 454. The van der Waals surface area contributed by atoms with Crippen LogP contribution in [0.25, 0.3) is 0 Å². The molecule has 1 aliphatic rings. The molecule has 0 radical (unpaired) electrons. The molecule has 1 heterocycles. The van der Waals surface area contributed by atoms with Crippen LogP contribution in [0, 0.1) is 0 Å². The molecular weight excluding hydrogens is 244 g/mol. The molecule has 0 aliphatic carbocycles. The number of nitrogens with one attached hydrogen (secondary N) is 1. The molecule has 1 aromatic carbocycles. The minimum Gasteiger partial charge on any atom is -0.362 e. The van der Waals surface area contributed by atoms with E-state index in [-0.39, 0.29) is 31.1 Å². The van der Waals surface area contributed by atoms with Crippen LogP contribution >= 0.6 is 0 Å². The van der Waals surface area contributed by atoms with Crippen LogP contribution < -0.4 is 10.2 Å². The number of nitrogens with zero attached hydrogens (tertiary/aromatic N) is 1. The van der Waals surface area contributed by atoms with E-state index in [1.54, 1.807) is 12.1 Å². The Morgan fingerprint density at radius 2 is 1.79 bits per heavy atom. The molecule has 1 fully saturated rings. The van der Waals surface area contributed by atoms with Crippen molar-refractivity contribution in [3.63, 3.8) is 0 Å². The van der Waals surface area contributed by atoms with Crippen molar-refractivity contribution in [1.29, 1.82) is 0 Å². The Morgan fingerprint density at radius 3 is 2.32 bits per heavy atom. The highest BCUT2D eigenvalue weighted by Gasteiger charge is 2.27. The highest BCUT2D eigenvalue weighted by molar-refractivity contribution is 6.16. The molecule has 5 nitrogen and oxygen atoms in total. The lowest BCUT2D eigenvalue weighted by atomic mass is 10.1. The van der Waals surface area contributed by atoms with Crippen molar-refractivity contribution >= 4 is 17.5 Å². The molecule has 1 aliphatic heterocycles. The summed E-state index contributed by atoms with van der Waals surface area (Å²) < 4.78 is 4.89. The minimum absolute atomic E-state index is 0.0404. The van der Waals surface area contributed by atoms with Gasteiger partial charge in [0.1, 0.15) is 13.2 Å². The first-order valence-corrected chi connectivity index (χ1v) is 6.40. The van der Waals surface area contributed by atoms with Gasteiger partial charge in [-0.15, -0.1) is 0 Å². The van der Waals surface area contributed by atoms with E-state index in [1.807, 2.05) is 12.1 Å². The number of amides is 2. The van der Waals surface area contributed by atoms with Crippen LogP contribution in [-0.2, 0) is 14.3 Å². The van der Waals surface area contributed by atoms with E-state index in [0.29, 0.717) is 5.69 Å². The average molecular weight is 262 g/mol. The highest BCUT2D eigenvalue weighted by atomic mass is 16.5. The fourth-order valence-corrected chi connectivity index (χ4v) is 2.12. The Hall–Kier alpha value is -1.72. The molecule has 0 spiro atoms. The quantitative estimate of drug-likeness (QED) is 0.830. The Balaban J connectivity index is 2.17. The normalized spacial score (nSPS) is 17.7. The van der Waals surface area contributed by atoms with E-state index in [4.69, 9.17) is 4.74 Å². The maximum absolute atomic E-state index is 11.7. The van der Waals surface area contributed by atoms with Crippen LogP contribution in [0.3, 0.4) is 0 Å². The third-order valence-corrected chi connectivity index (χ3v) is 3.11. The molecule has 0 aromatic heterocycles. The molecular formula is C14H18N2O3. The SMILES string of the molecule is CCNC(C)c1ccc(N2C(=O)COCC2=O)cc1. The van der Waals surface area contributed by atoms with Gasteiger partial charge in [0.15, 0.2) is 0 Å². The van der Waals surface area contributed by atoms with Crippen molar-refractivity contribution in [1.82, 2.24) is 5.32 Å². The summed E-state index contributed by atoms with van der Waals surface area (Å²) >= 11 is 0. The van der Waals surface area contributed by atoms with Crippen molar-refractivity contribution in [2.75, 3.05) is 24.7 Å². The predicted octanol–water partition coefficient (Wildman–Crippen LogP) is 1.25. The molecule has 2 rings (SSSR count). The smallest absolute Gasteiger partial charge is 0.259 e. The van der Waals surface area contributed by atoms with E-state index < -0.39 is 0 Å². The zero-order valence-corrected chi connectivity index (χ0v) is 11.2. The first-order chi connectivity index (χ1) is 9.13. The Kier molecular flexibility index (Phi) is 4.29. The first kappa shape index (κ1) is 13.7. The number of hydrogen-bond donors (Lipinski definition) is 1. The van der Waals surface area contributed by atoms with E-state index in [2.05, 4.69) is 19.2 Å². The van der Waals surface area contributed by atoms with Crippen LogP contribution in [0.15, 0.2) is 24.3 Å². The number of rotatable bonds is 4. The van der Waals surface area contributed by atoms with Gasteiger partial charge in [-0.1, -0.05) is 19.1 Å². The van der Waals surface area contributed by atoms with Crippen molar-refractivity contribution in [2.24, 2.45) is 0 Å². The number of ether oxygens (including phenoxy) is 1. The van der Waals surface area contributed by atoms with Crippen molar-refractivity contribution in [3.05, 3.63) is 29.8 Å². The molecule has 0 bridgehead atoms. The molecule has 19 heavy (non-hydrogen) atoms. The van der Waals surface area contributed by atoms with Crippen LogP contribution in [0.5, 0.6) is 0 Å². The standard InChI is InChI=1S/C14H18N2O3/c1-3-15-10(2)11-4-6-12(7-5-11)16-13(17)8-19-9-14(16)18/h4-7,10,15H,3,8-9H2,1-2H3. The Labute approximate surface area is 112 Å². The molecule has 1 N–H and O–H groups in total. The van der Waals surface area contributed by atoms with Gasteiger partial charge < -0.3 is 10.1 Å². The number of morpholine rings is 1. The third-order valence-electron chi connectivity index (χ3n) is 3.11. The monoisotopic (exact) mass is 262 g/mol. The number of anilines is 1. The summed E-state index contributed by atoms with van der Waals surface area (Å²) in [5.74, 6) is -0.632. The van der Waals surface area contributed by atoms with E-state index in [0.717, 1.165) is 12.1 Å². The number of benzene rings is 1. The average Bonchev–Trinajstić information content (AvgIpc) is 2.39. The summed E-state index contributed by atoms with van der Waals surface area (Å²) in [6.07, 6.45) is 0. The molecule has 102 valence electrons. The fourth-order valence-electron chi connectivity index (χ4n) is 2.12. The van der Waals surface area contributed by atoms with Crippen LogP contribution in [0.2, 0.25) is 0 Å². The topological polar surface area (TPSA) is 58.6 Å². The van der Waals surface area contributed by atoms with Crippen LogP contribution in [-0.4, -0.2) is 31.6 Å². The summed E-state index contributed by atoms with van der Waals surface area (Å²) in [7, 11) is 0. The predicted molar refractivity (Wildman–Crippen MR) is 71.8 cm³/mol. The second kappa shape index (κ2) is 5.95. The summed E-state index contributed by atoms with van der Waals surface area (Å²) in [5, 5.41) is 3.31. The molecule has 1 unspecified atom stereocenters. The third kappa shape index (κ3) is 3.00. The van der Waals surface area contributed by atoms with Crippen molar-refractivity contribution in [3.8, 4) is 0 Å². The molecule has 1 atom stereocenters. The second-order valence-corrected chi connectivity index (χ2v) is 4.49. The van der Waals surface area contributed by atoms with E-state index >= 15 is 0 Å². The number of carbonyl (C=O) groups is 2. The van der Waals surface area contributed by atoms with Crippen molar-refractivity contribution in [2.45, 2.75) is 19.9 Å². The van der Waals surface area contributed by atoms with E-state index in [1.165, 1.54) is 4.90 Å². The van der Waals surface area contributed by atoms with Gasteiger partial charge in [-0.3, -0.25) is 9.59 Å². The Morgan fingerprint density at radius 1 is 1.21 bits per heavy atom. The number of carbonyl (C=O) groups excluding carboxylic acids is 2. The summed E-state index contributed by atoms with van der Waals surface area (Å²) in [6, 6.07) is 7.70. The van der Waals surface area contributed by atoms with Gasteiger partial charge in [0.05, 0.1) is 5.69 Å². The van der Waals surface area contributed by atoms with Gasteiger partial charge in [-0.2, -0.15) is 0 Å². The molecule has 1 saturated heterocycles. The van der Waals surface area contributed by atoms with Crippen LogP contribution in [0.4, 0.5) is 5.69 Å². The van der Waals surface area contributed by atoms with Gasteiger partial charge in [0.25, 0.3) is 11.8 Å². The maximum Gasteiger partial charge on any atom is 0.259 e.